The molecule has 18 heavy (non-hydrogen) atoms. The van der Waals surface area contributed by atoms with E-state index in [0.29, 0.717) is 6.04 Å². The molecule has 0 saturated heterocycles. The molecule has 3 nitrogen and oxygen atoms in total. The third-order valence-electron chi connectivity index (χ3n) is 3.87. The quantitative estimate of drug-likeness (QED) is 0.862. The monoisotopic (exact) mass is 268 g/mol. The number of aromatic nitrogens is 1. The van der Waals surface area contributed by atoms with Crippen molar-refractivity contribution in [2.24, 2.45) is 0 Å². The van der Waals surface area contributed by atoms with Crippen molar-refractivity contribution in [2.75, 3.05) is 6.61 Å². The van der Waals surface area contributed by atoms with Crippen LogP contribution in [0, 0.1) is 0 Å². The molecule has 0 spiro atoms. The minimum atomic E-state index is 0.236. The van der Waals surface area contributed by atoms with E-state index in [2.05, 4.69) is 29.1 Å². The maximum absolute atomic E-state index is 9.44. The summed E-state index contributed by atoms with van der Waals surface area (Å²) in [6.07, 6.45) is 6.22. The van der Waals surface area contributed by atoms with E-state index in [1.54, 1.807) is 11.3 Å². The van der Waals surface area contributed by atoms with Gasteiger partial charge >= 0.3 is 0 Å². The lowest BCUT2D eigenvalue weighted by Gasteiger charge is -2.33. The summed E-state index contributed by atoms with van der Waals surface area (Å²) in [5.74, 6) is 0. The number of hydrogen-bond acceptors (Lipinski definition) is 4. The van der Waals surface area contributed by atoms with Gasteiger partial charge in [-0.3, -0.25) is 4.90 Å². The molecule has 1 aromatic heterocycles. The van der Waals surface area contributed by atoms with Gasteiger partial charge in [0.1, 0.15) is 0 Å². The Morgan fingerprint density at radius 3 is 2.78 bits per heavy atom. The molecule has 1 heterocycles. The summed E-state index contributed by atoms with van der Waals surface area (Å²) in [6, 6.07) is 0.874. The van der Waals surface area contributed by atoms with E-state index in [9.17, 15) is 5.11 Å². The molecule has 0 bridgehead atoms. The van der Waals surface area contributed by atoms with Crippen molar-refractivity contribution >= 4 is 11.3 Å². The molecule has 1 aliphatic carbocycles. The summed E-state index contributed by atoms with van der Waals surface area (Å²) in [5.41, 5.74) is 1.17. The number of nitrogens with zero attached hydrogens (tertiary/aromatic N) is 2. The van der Waals surface area contributed by atoms with Crippen molar-refractivity contribution in [1.82, 2.24) is 9.88 Å². The highest BCUT2D eigenvalue weighted by atomic mass is 32.1. The van der Waals surface area contributed by atoms with Gasteiger partial charge in [0, 0.05) is 24.0 Å². The van der Waals surface area contributed by atoms with Crippen molar-refractivity contribution < 1.29 is 5.11 Å². The van der Waals surface area contributed by atoms with Gasteiger partial charge < -0.3 is 5.11 Å². The van der Waals surface area contributed by atoms with Gasteiger partial charge in [-0.15, -0.1) is 11.3 Å². The molecular formula is C14H24N2OS. The summed E-state index contributed by atoms with van der Waals surface area (Å²) in [5, 5.41) is 12.8. The zero-order valence-corrected chi connectivity index (χ0v) is 12.2. The largest absolute Gasteiger partial charge is 0.395 e. The highest BCUT2D eigenvalue weighted by Gasteiger charge is 2.26. The Bertz CT molecular complexity index is 360. The average molecular weight is 268 g/mol. The van der Waals surface area contributed by atoms with Crippen LogP contribution in [0.15, 0.2) is 5.38 Å². The molecule has 0 radical (unpaired) electrons. The molecule has 1 fully saturated rings. The van der Waals surface area contributed by atoms with Gasteiger partial charge in [-0.1, -0.05) is 19.8 Å². The lowest BCUT2D eigenvalue weighted by Crippen LogP contribution is -2.41. The van der Waals surface area contributed by atoms with Crippen LogP contribution in [0.1, 0.15) is 50.2 Å². The van der Waals surface area contributed by atoms with Crippen LogP contribution in [0.5, 0.6) is 0 Å². The third-order valence-corrected chi connectivity index (χ3v) is 4.91. The van der Waals surface area contributed by atoms with Gasteiger partial charge in [0.05, 0.1) is 17.3 Å². The number of aliphatic hydroxyl groups is 1. The van der Waals surface area contributed by atoms with Crippen LogP contribution >= 0.6 is 11.3 Å². The highest BCUT2D eigenvalue weighted by Crippen LogP contribution is 2.27. The van der Waals surface area contributed by atoms with Gasteiger partial charge in [0.15, 0.2) is 0 Å². The van der Waals surface area contributed by atoms with E-state index in [1.165, 1.54) is 36.4 Å². The van der Waals surface area contributed by atoms with Crippen LogP contribution in [0.4, 0.5) is 0 Å². The van der Waals surface area contributed by atoms with Crippen molar-refractivity contribution in [2.45, 2.75) is 64.6 Å². The minimum Gasteiger partial charge on any atom is -0.395 e. The van der Waals surface area contributed by atoms with Crippen LogP contribution in [-0.2, 0) is 13.0 Å². The first kappa shape index (κ1) is 14.0. The lowest BCUT2D eigenvalue weighted by atomic mass is 10.1. The molecule has 1 saturated carbocycles. The smallest absolute Gasteiger partial charge is 0.0926 e. The van der Waals surface area contributed by atoms with Crippen LogP contribution < -0.4 is 0 Å². The number of aryl methyl sites for hydroxylation is 1. The van der Waals surface area contributed by atoms with Crippen molar-refractivity contribution in [3.8, 4) is 0 Å². The first-order chi connectivity index (χ1) is 8.74. The van der Waals surface area contributed by atoms with Crippen LogP contribution in [0.2, 0.25) is 0 Å². The zero-order chi connectivity index (χ0) is 13.0. The molecule has 0 aromatic carbocycles. The van der Waals surface area contributed by atoms with E-state index >= 15 is 0 Å². The molecule has 102 valence electrons. The summed E-state index contributed by atoms with van der Waals surface area (Å²) in [4.78, 5) is 7.10. The highest BCUT2D eigenvalue weighted by molar-refractivity contribution is 7.09. The van der Waals surface area contributed by atoms with Gasteiger partial charge in [-0.05, 0) is 26.2 Å². The van der Waals surface area contributed by atoms with E-state index in [4.69, 9.17) is 0 Å². The van der Waals surface area contributed by atoms with Crippen molar-refractivity contribution in [3.05, 3.63) is 16.1 Å². The molecule has 1 N–H and O–H groups in total. The Labute approximate surface area is 114 Å². The van der Waals surface area contributed by atoms with Gasteiger partial charge in [-0.2, -0.15) is 0 Å². The maximum Gasteiger partial charge on any atom is 0.0926 e. The van der Waals surface area contributed by atoms with E-state index < -0.39 is 0 Å². The Balaban J connectivity index is 2.03. The maximum atomic E-state index is 9.44. The topological polar surface area (TPSA) is 36.4 Å². The van der Waals surface area contributed by atoms with E-state index in [0.717, 1.165) is 13.0 Å². The molecule has 0 aliphatic heterocycles. The average Bonchev–Trinajstić information content (AvgIpc) is 3.05. The summed E-state index contributed by atoms with van der Waals surface area (Å²) < 4.78 is 0. The molecule has 0 amide bonds. The zero-order valence-electron chi connectivity index (χ0n) is 11.4. The number of hydrogen-bond donors (Lipinski definition) is 1. The summed E-state index contributed by atoms with van der Waals surface area (Å²) in [6.45, 7) is 5.39. The van der Waals surface area contributed by atoms with Crippen molar-refractivity contribution in [1.29, 1.82) is 0 Å². The number of thiazole rings is 1. The van der Waals surface area contributed by atoms with Crippen LogP contribution in [0.3, 0.4) is 0 Å². The molecule has 1 aliphatic rings. The van der Waals surface area contributed by atoms with Gasteiger partial charge in [-0.25, -0.2) is 4.98 Å². The summed E-state index contributed by atoms with van der Waals surface area (Å²) in [7, 11) is 0. The van der Waals surface area contributed by atoms with Crippen molar-refractivity contribution in [3.63, 3.8) is 0 Å². The first-order valence-electron chi connectivity index (χ1n) is 7.04. The predicted molar refractivity (Wildman–Crippen MR) is 75.8 cm³/mol. The second-order valence-corrected chi connectivity index (χ2v) is 6.17. The van der Waals surface area contributed by atoms with Gasteiger partial charge in [0.2, 0.25) is 0 Å². The Kier molecular flexibility index (Phi) is 5.15. The summed E-state index contributed by atoms with van der Waals surface area (Å²) >= 11 is 1.75. The van der Waals surface area contributed by atoms with Crippen LogP contribution in [0.25, 0.3) is 0 Å². The standard InChI is InChI=1S/C14H24N2OS/c1-3-14-15-12(10-18-14)8-16(11(2)9-17)13-6-4-5-7-13/h10-11,13,17H,3-9H2,1-2H3. The lowest BCUT2D eigenvalue weighted by molar-refractivity contribution is 0.0864. The first-order valence-corrected chi connectivity index (χ1v) is 7.92. The SMILES string of the molecule is CCc1nc(CN(C(C)CO)C2CCCC2)cs1. The molecule has 1 aromatic rings. The Hall–Kier alpha value is -0.450. The van der Waals surface area contributed by atoms with E-state index in [1.807, 2.05) is 0 Å². The molecule has 1 atom stereocenters. The molecular weight excluding hydrogens is 244 g/mol. The molecule has 4 heteroatoms. The van der Waals surface area contributed by atoms with Crippen LogP contribution in [-0.4, -0.2) is 33.7 Å². The molecule has 2 rings (SSSR count). The number of aliphatic hydroxyl groups excluding tert-OH is 1. The minimum absolute atomic E-state index is 0.236. The predicted octanol–water partition coefficient (Wildman–Crippen LogP) is 2.83. The third kappa shape index (κ3) is 3.31. The second kappa shape index (κ2) is 6.64. The van der Waals surface area contributed by atoms with Gasteiger partial charge in [0.25, 0.3) is 0 Å². The fourth-order valence-electron chi connectivity index (χ4n) is 2.76. The fraction of sp³-hybridized carbons (Fsp3) is 0.786. The second-order valence-electron chi connectivity index (χ2n) is 5.23. The Morgan fingerprint density at radius 1 is 1.50 bits per heavy atom. The normalized spacial score (nSPS) is 18.7. The molecule has 1 unspecified atom stereocenters. The van der Waals surface area contributed by atoms with E-state index in [-0.39, 0.29) is 12.6 Å². The fourth-order valence-corrected chi connectivity index (χ4v) is 3.49. The Morgan fingerprint density at radius 2 is 2.22 bits per heavy atom. The number of rotatable bonds is 6.